The van der Waals surface area contributed by atoms with Crippen molar-refractivity contribution >= 4 is 11.8 Å². The minimum atomic E-state index is -0.591. The van der Waals surface area contributed by atoms with Gasteiger partial charge in [-0.3, -0.25) is 9.59 Å². The lowest BCUT2D eigenvalue weighted by Crippen LogP contribution is -2.48. The molecule has 1 N–H and O–H groups in total. The maximum atomic E-state index is 12.9. The number of nitrogens with one attached hydrogen (secondary N) is 1. The van der Waals surface area contributed by atoms with Gasteiger partial charge in [-0.1, -0.05) is 30.3 Å². The van der Waals surface area contributed by atoms with Gasteiger partial charge in [-0.15, -0.1) is 0 Å². The minimum Gasteiger partial charge on any atom is -0.472 e. The number of hydrogen-bond donors (Lipinski definition) is 1. The number of carbonyl (C=O) groups excluding carboxylic acids is 2. The van der Waals surface area contributed by atoms with Crippen LogP contribution >= 0.6 is 0 Å². The summed E-state index contributed by atoms with van der Waals surface area (Å²) in [5.41, 5.74) is 1.68. The number of aryl methyl sites for hydroxylation is 1. The monoisotopic (exact) mass is 371 g/mol. The van der Waals surface area contributed by atoms with Gasteiger partial charge < -0.3 is 19.5 Å². The molecule has 0 spiro atoms. The molecule has 0 saturated heterocycles. The summed E-state index contributed by atoms with van der Waals surface area (Å²) in [6.45, 7) is 3.79. The van der Waals surface area contributed by atoms with Crippen molar-refractivity contribution in [3.05, 3.63) is 60.1 Å². The third-order valence-electron chi connectivity index (χ3n) is 4.37. The van der Waals surface area contributed by atoms with Crippen molar-refractivity contribution in [3.8, 4) is 0 Å². The molecule has 1 aromatic heterocycles. The smallest absolute Gasteiger partial charge is 0.255 e. The van der Waals surface area contributed by atoms with Crippen molar-refractivity contribution in [1.29, 1.82) is 0 Å². The number of nitrogens with zero attached hydrogens (tertiary/aromatic N) is 2. The van der Waals surface area contributed by atoms with Crippen LogP contribution in [0.1, 0.15) is 29.3 Å². The Hall–Kier alpha value is -2.60. The Labute approximate surface area is 161 Å². The number of likely N-dealkylation sites (N-methyl/N-ethyl adjacent to an activating group) is 1. The summed E-state index contributed by atoms with van der Waals surface area (Å²) in [5.74, 6) is -0.372. The lowest BCUT2D eigenvalue weighted by molar-refractivity contribution is -0.133. The Balaban J connectivity index is 1.91. The van der Waals surface area contributed by atoms with E-state index >= 15 is 0 Å². The highest BCUT2D eigenvalue weighted by atomic mass is 16.3. The first-order chi connectivity index (χ1) is 13.0. The standard InChI is InChI=1S/C21H29N3O3/c1-17(22-20(25)19-11-15-27-16-19)21(26)24(14-13-23(2)3)12-7-10-18-8-5-4-6-9-18/h4-6,8-9,11,15-17H,7,10,12-14H2,1-3H3,(H,22,25). The third-order valence-corrected chi connectivity index (χ3v) is 4.37. The molecule has 6 heteroatoms. The second-order valence-corrected chi connectivity index (χ2v) is 6.92. The fraction of sp³-hybridized carbons (Fsp3) is 0.429. The zero-order valence-electron chi connectivity index (χ0n) is 16.4. The van der Waals surface area contributed by atoms with Crippen molar-refractivity contribution in [2.24, 2.45) is 0 Å². The molecule has 27 heavy (non-hydrogen) atoms. The van der Waals surface area contributed by atoms with E-state index in [-0.39, 0.29) is 11.8 Å². The highest BCUT2D eigenvalue weighted by Gasteiger charge is 2.22. The number of carbonyl (C=O) groups is 2. The molecular weight excluding hydrogens is 342 g/mol. The molecule has 2 amide bonds. The summed E-state index contributed by atoms with van der Waals surface area (Å²) < 4.78 is 4.92. The van der Waals surface area contributed by atoms with E-state index in [9.17, 15) is 9.59 Å². The van der Waals surface area contributed by atoms with E-state index in [0.29, 0.717) is 18.7 Å². The molecule has 0 aliphatic rings. The van der Waals surface area contributed by atoms with Gasteiger partial charge in [0.25, 0.3) is 5.91 Å². The van der Waals surface area contributed by atoms with E-state index < -0.39 is 6.04 Å². The van der Waals surface area contributed by atoms with Crippen LogP contribution in [-0.2, 0) is 11.2 Å². The Morgan fingerprint density at radius 1 is 1.07 bits per heavy atom. The van der Waals surface area contributed by atoms with Crippen LogP contribution < -0.4 is 5.32 Å². The quantitative estimate of drug-likeness (QED) is 0.697. The predicted molar refractivity (Wildman–Crippen MR) is 106 cm³/mol. The van der Waals surface area contributed by atoms with Gasteiger partial charge in [-0.05, 0) is 45.5 Å². The van der Waals surface area contributed by atoms with Crippen LogP contribution in [-0.4, -0.2) is 61.4 Å². The molecule has 0 bridgehead atoms. The van der Waals surface area contributed by atoms with Crippen LogP contribution in [0.15, 0.2) is 53.3 Å². The molecule has 0 saturated carbocycles. The first kappa shape index (κ1) is 20.7. The molecule has 2 rings (SSSR count). The summed E-state index contributed by atoms with van der Waals surface area (Å²) in [7, 11) is 3.97. The number of amides is 2. The molecule has 0 fully saturated rings. The maximum absolute atomic E-state index is 12.9. The van der Waals surface area contributed by atoms with E-state index in [4.69, 9.17) is 4.42 Å². The molecule has 0 radical (unpaired) electrons. The molecule has 0 aliphatic heterocycles. The van der Waals surface area contributed by atoms with Crippen molar-refractivity contribution < 1.29 is 14.0 Å². The average molecular weight is 371 g/mol. The van der Waals surface area contributed by atoms with Crippen molar-refractivity contribution in [3.63, 3.8) is 0 Å². The molecule has 1 aromatic carbocycles. The van der Waals surface area contributed by atoms with E-state index in [2.05, 4.69) is 17.4 Å². The van der Waals surface area contributed by atoms with E-state index in [1.54, 1.807) is 13.0 Å². The van der Waals surface area contributed by atoms with Crippen LogP contribution in [0.5, 0.6) is 0 Å². The molecule has 2 aromatic rings. The highest BCUT2D eigenvalue weighted by molar-refractivity contribution is 5.97. The summed E-state index contributed by atoms with van der Waals surface area (Å²) in [6, 6.07) is 11.2. The summed E-state index contributed by atoms with van der Waals surface area (Å²) in [6.07, 6.45) is 4.61. The lowest BCUT2D eigenvalue weighted by atomic mass is 10.1. The van der Waals surface area contributed by atoms with Crippen molar-refractivity contribution in [2.45, 2.75) is 25.8 Å². The molecular formula is C21H29N3O3. The normalized spacial score (nSPS) is 12.0. The largest absolute Gasteiger partial charge is 0.472 e. The van der Waals surface area contributed by atoms with Crippen LogP contribution in [0, 0.1) is 0 Å². The predicted octanol–water partition coefficient (Wildman–Crippen LogP) is 2.42. The highest BCUT2D eigenvalue weighted by Crippen LogP contribution is 2.06. The molecule has 1 heterocycles. The first-order valence-corrected chi connectivity index (χ1v) is 9.28. The van der Waals surface area contributed by atoms with E-state index in [0.717, 1.165) is 19.4 Å². The Morgan fingerprint density at radius 3 is 2.44 bits per heavy atom. The second-order valence-electron chi connectivity index (χ2n) is 6.92. The molecule has 0 aliphatic carbocycles. The lowest BCUT2D eigenvalue weighted by Gasteiger charge is -2.27. The van der Waals surface area contributed by atoms with E-state index in [1.165, 1.54) is 18.1 Å². The Kier molecular flexibility index (Phi) is 8.07. The molecule has 146 valence electrons. The minimum absolute atomic E-state index is 0.0678. The molecule has 6 nitrogen and oxygen atoms in total. The number of benzene rings is 1. The van der Waals surface area contributed by atoms with Crippen molar-refractivity contribution in [1.82, 2.24) is 15.1 Å². The van der Waals surface area contributed by atoms with Gasteiger partial charge in [0.2, 0.25) is 5.91 Å². The van der Waals surface area contributed by atoms with Gasteiger partial charge in [0.15, 0.2) is 0 Å². The summed E-state index contributed by atoms with van der Waals surface area (Å²) in [4.78, 5) is 28.9. The van der Waals surface area contributed by atoms with Crippen molar-refractivity contribution in [2.75, 3.05) is 33.7 Å². The van der Waals surface area contributed by atoms with Gasteiger partial charge in [-0.25, -0.2) is 0 Å². The van der Waals surface area contributed by atoms with E-state index in [1.807, 2.05) is 42.1 Å². The second kappa shape index (κ2) is 10.5. The van der Waals surface area contributed by atoms with Crippen LogP contribution in [0.25, 0.3) is 0 Å². The van der Waals surface area contributed by atoms with Crippen LogP contribution in [0.3, 0.4) is 0 Å². The third kappa shape index (κ3) is 6.90. The zero-order chi connectivity index (χ0) is 19.6. The number of hydrogen-bond acceptors (Lipinski definition) is 4. The maximum Gasteiger partial charge on any atom is 0.255 e. The Morgan fingerprint density at radius 2 is 1.81 bits per heavy atom. The van der Waals surface area contributed by atoms with Gasteiger partial charge in [-0.2, -0.15) is 0 Å². The topological polar surface area (TPSA) is 65.8 Å². The van der Waals surface area contributed by atoms with Gasteiger partial charge in [0.05, 0.1) is 11.8 Å². The molecule has 1 atom stereocenters. The summed E-state index contributed by atoms with van der Waals surface area (Å²) in [5, 5.41) is 2.75. The fourth-order valence-corrected chi connectivity index (χ4v) is 2.78. The number of furan rings is 1. The SMILES string of the molecule is CC(NC(=O)c1ccoc1)C(=O)N(CCCc1ccccc1)CCN(C)C. The fourth-order valence-electron chi connectivity index (χ4n) is 2.78. The number of rotatable bonds is 10. The Bertz CT molecular complexity index is 699. The van der Waals surface area contributed by atoms with Crippen LogP contribution in [0.4, 0.5) is 0 Å². The average Bonchev–Trinajstić information content (AvgIpc) is 3.19. The van der Waals surface area contributed by atoms with Crippen LogP contribution in [0.2, 0.25) is 0 Å². The first-order valence-electron chi connectivity index (χ1n) is 9.28. The van der Waals surface area contributed by atoms with Gasteiger partial charge >= 0.3 is 0 Å². The summed E-state index contributed by atoms with van der Waals surface area (Å²) >= 11 is 0. The van der Waals surface area contributed by atoms with Gasteiger partial charge in [0.1, 0.15) is 12.3 Å². The molecule has 1 unspecified atom stereocenters. The zero-order valence-corrected chi connectivity index (χ0v) is 16.4. The van der Waals surface area contributed by atoms with Gasteiger partial charge in [0, 0.05) is 19.6 Å².